The first-order valence-corrected chi connectivity index (χ1v) is 7.63. The van der Waals surface area contributed by atoms with Crippen molar-refractivity contribution in [3.63, 3.8) is 0 Å². The molecule has 2 aromatic rings. The molecule has 4 N–H and O–H groups in total. The lowest BCUT2D eigenvalue weighted by Gasteiger charge is -2.13. The van der Waals surface area contributed by atoms with E-state index in [0.29, 0.717) is 23.0 Å². The molecule has 0 aliphatic heterocycles. The number of carbonyl (C=O) groups excluding carboxylic acids is 1. The molecule has 0 bridgehead atoms. The fourth-order valence-corrected chi connectivity index (χ4v) is 3.09. The van der Waals surface area contributed by atoms with Crippen molar-refractivity contribution in [3.05, 3.63) is 29.1 Å². The van der Waals surface area contributed by atoms with E-state index >= 15 is 0 Å². The van der Waals surface area contributed by atoms with Crippen molar-refractivity contribution in [2.75, 3.05) is 18.9 Å². The van der Waals surface area contributed by atoms with E-state index in [1.54, 1.807) is 0 Å². The Morgan fingerprint density at radius 1 is 1.45 bits per heavy atom. The lowest BCUT2D eigenvalue weighted by Crippen LogP contribution is -2.28. The highest BCUT2D eigenvalue weighted by atomic mass is 32.1. The average Bonchev–Trinajstić information content (AvgIpc) is 2.86. The summed E-state index contributed by atoms with van der Waals surface area (Å²) in [5.74, 6) is 0.273. The first-order chi connectivity index (χ1) is 9.63. The number of amides is 1. The summed E-state index contributed by atoms with van der Waals surface area (Å²) in [6, 6.07) is 7.53. The molecule has 0 spiro atoms. The van der Waals surface area contributed by atoms with Gasteiger partial charge in [0.1, 0.15) is 0 Å². The van der Waals surface area contributed by atoms with Crippen LogP contribution in [0, 0.1) is 5.92 Å². The molecule has 1 heterocycles. The van der Waals surface area contributed by atoms with Gasteiger partial charge in [-0.15, -0.1) is 11.3 Å². The van der Waals surface area contributed by atoms with Gasteiger partial charge < -0.3 is 16.2 Å². The second-order valence-corrected chi connectivity index (χ2v) is 5.99. The molecule has 2 rings (SSSR count). The maximum atomic E-state index is 12.1. The third-order valence-corrected chi connectivity index (χ3v) is 4.54. The molecule has 0 aliphatic rings. The minimum atomic E-state index is -0.0545. The Kier molecular flexibility index (Phi) is 4.98. The van der Waals surface area contributed by atoms with Crippen LogP contribution in [0.3, 0.4) is 0 Å². The molecule has 0 radical (unpaired) electrons. The molecule has 4 nitrogen and oxygen atoms in total. The molecule has 1 unspecified atom stereocenters. The molecular weight excluding hydrogens is 272 g/mol. The number of hydrogen-bond donors (Lipinski definition) is 3. The van der Waals surface area contributed by atoms with E-state index in [-0.39, 0.29) is 12.5 Å². The number of benzene rings is 1. The number of thiophene rings is 1. The molecule has 20 heavy (non-hydrogen) atoms. The van der Waals surface area contributed by atoms with Crippen LogP contribution in [0.15, 0.2) is 24.3 Å². The van der Waals surface area contributed by atoms with Crippen molar-refractivity contribution in [3.8, 4) is 0 Å². The van der Waals surface area contributed by atoms with Gasteiger partial charge in [0.25, 0.3) is 5.91 Å². The van der Waals surface area contributed by atoms with Crippen molar-refractivity contribution >= 4 is 33.0 Å². The Bertz CT molecular complexity index is 595. The fraction of sp³-hybridized carbons (Fsp3) is 0.400. The van der Waals surface area contributed by atoms with Crippen LogP contribution < -0.4 is 11.1 Å². The summed E-state index contributed by atoms with van der Waals surface area (Å²) in [5.41, 5.74) is 6.44. The monoisotopic (exact) mass is 292 g/mol. The Balaban J connectivity index is 2.03. The zero-order valence-corrected chi connectivity index (χ0v) is 12.4. The smallest absolute Gasteiger partial charge is 0.261 e. The van der Waals surface area contributed by atoms with E-state index < -0.39 is 0 Å². The van der Waals surface area contributed by atoms with Crippen LogP contribution in [0.25, 0.3) is 10.1 Å². The highest BCUT2D eigenvalue weighted by Crippen LogP contribution is 2.27. The largest absolute Gasteiger partial charge is 0.399 e. The molecule has 1 amide bonds. The molecule has 1 aromatic carbocycles. The van der Waals surface area contributed by atoms with Crippen molar-refractivity contribution in [2.45, 2.75) is 19.8 Å². The summed E-state index contributed by atoms with van der Waals surface area (Å²) in [6.07, 6.45) is 1.67. The minimum Gasteiger partial charge on any atom is -0.399 e. The predicted octanol–water partition coefficient (Wildman–Crippen LogP) is 2.62. The van der Waals surface area contributed by atoms with Gasteiger partial charge in [0.05, 0.1) is 4.88 Å². The maximum absolute atomic E-state index is 12.1. The summed E-state index contributed by atoms with van der Waals surface area (Å²) in [6.45, 7) is 2.83. The normalized spacial score (nSPS) is 12.5. The predicted molar refractivity (Wildman–Crippen MR) is 84.1 cm³/mol. The van der Waals surface area contributed by atoms with Crippen molar-refractivity contribution in [1.29, 1.82) is 0 Å². The maximum Gasteiger partial charge on any atom is 0.261 e. The quantitative estimate of drug-likeness (QED) is 0.716. The van der Waals surface area contributed by atoms with Gasteiger partial charge in [-0.05, 0) is 42.0 Å². The summed E-state index contributed by atoms with van der Waals surface area (Å²) in [4.78, 5) is 12.8. The highest BCUT2D eigenvalue weighted by Gasteiger charge is 2.12. The van der Waals surface area contributed by atoms with Gasteiger partial charge in [0.2, 0.25) is 0 Å². The molecule has 0 fully saturated rings. The topological polar surface area (TPSA) is 75.3 Å². The highest BCUT2D eigenvalue weighted by molar-refractivity contribution is 7.20. The third kappa shape index (κ3) is 3.49. The van der Waals surface area contributed by atoms with Crippen LogP contribution in [-0.4, -0.2) is 24.2 Å². The Labute approximate surface area is 122 Å². The number of nitrogen functional groups attached to an aromatic ring is 1. The van der Waals surface area contributed by atoms with Crippen LogP contribution in [0.1, 0.15) is 29.4 Å². The minimum absolute atomic E-state index is 0.0545. The third-order valence-electron chi connectivity index (χ3n) is 3.43. The van der Waals surface area contributed by atoms with Gasteiger partial charge in [-0.25, -0.2) is 0 Å². The number of rotatable bonds is 6. The van der Waals surface area contributed by atoms with Crippen LogP contribution >= 0.6 is 11.3 Å². The summed E-state index contributed by atoms with van der Waals surface area (Å²) in [7, 11) is 0. The lowest BCUT2D eigenvalue weighted by atomic mass is 10.0. The number of hydrogen-bond acceptors (Lipinski definition) is 4. The average molecular weight is 292 g/mol. The molecule has 1 atom stereocenters. The van der Waals surface area contributed by atoms with E-state index in [1.165, 1.54) is 11.3 Å². The van der Waals surface area contributed by atoms with Crippen LogP contribution in [0.5, 0.6) is 0 Å². The van der Waals surface area contributed by atoms with Crippen molar-refractivity contribution in [1.82, 2.24) is 5.32 Å². The van der Waals surface area contributed by atoms with Gasteiger partial charge in [0, 0.05) is 23.5 Å². The summed E-state index contributed by atoms with van der Waals surface area (Å²) < 4.78 is 1.06. The number of aliphatic hydroxyl groups is 1. The summed E-state index contributed by atoms with van der Waals surface area (Å²) >= 11 is 1.47. The molecule has 1 aromatic heterocycles. The zero-order valence-electron chi connectivity index (χ0n) is 11.6. The second-order valence-electron chi connectivity index (χ2n) is 4.90. The van der Waals surface area contributed by atoms with E-state index in [0.717, 1.165) is 22.9 Å². The molecule has 5 heteroatoms. The molecule has 0 saturated carbocycles. The van der Waals surface area contributed by atoms with Crippen LogP contribution in [-0.2, 0) is 0 Å². The van der Waals surface area contributed by atoms with E-state index in [4.69, 9.17) is 10.8 Å². The standard InChI is InChI=1S/C15H20N2O2S/c1-2-10(5-6-18)9-17-15(19)14-8-11-7-12(16)3-4-13(11)20-14/h3-4,7-8,10,18H,2,5-6,9,16H2,1H3,(H,17,19). The van der Waals surface area contributed by atoms with E-state index in [2.05, 4.69) is 12.2 Å². The first-order valence-electron chi connectivity index (χ1n) is 6.82. The Morgan fingerprint density at radius 2 is 2.25 bits per heavy atom. The number of nitrogens with one attached hydrogen (secondary N) is 1. The first kappa shape index (κ1) is 14.8. The fourth-order valence-electron chi connectivity index (χ4n) is 2.13. The molecule has 0 saturated heterocycles. The zero-order chi connectivity index (χ0) is 14.5. The number of aliphatic hydroxyl groups excluding tert-OH is 1. The van der Waals surface area contributed by atoms with Gasteiger partial charge in [-0.2, -0.15) is 0 Å². The number of fused-ring (bicyclic) bond motifs is 1. The Hall–Kier alpha value is -1.59. The van der Waals surface area contributed by atoms with E-state index in [1.807, 2.05) is 24.3 Å². The lowest BCUT2D eigenvalue weighted by molar-refractivity contribution is 0.0947. The van der Waals surface area contributed by atoms with Gasteiger partial charge in [-0.3, -0.25) is 4.79 Å². The molecular formula is C15H20N2O2S. The van der Waals surface area contributed by atoms with Crippen molar-refractivity contribution < 1.29 is 9.90 Å². The number of nitrogens with two attached hydrogens (primary N) is 1. The van der Waals surface area contributed by atoms with Gasteiger partial charge in [0.15, 0.2) is 0 Å². The molecule has 0 aliphatic carbocycles. The molecule has 108 valence electrons. The Morgan fingerprint density at radius 3 is 2.95 bits per heavy atom. The van der Waals surface area contributed by atoms with Crippen LogP contribution in [0.2, 0.25) is 0 Å². The van der Waals surface area contributed by atoms with Crippen LogP contribution in [0.4, 0.5) is 5.69 Å². The number of carbonyl (C=O) groups is 1. The van der Waals surface area contributed by atoms with Gasteiger partial charge in [-0.1, -0.05) is 13.3 Å². The van der Waals surface area contributed by atoms with E-state index in [9.17, 15) is 4.79 Å². The van der Waals surface area contributed by atoms with Crippen molar-refractivity contribution in [2.24, 2.45) is 5.92 Å². The summed E-state index contributed by atoms with van der Waals surface area (Å²) in [5, 5.41) is 12.9. The SMILES string of the molecule is CCC(CCO)CNC(=O)c1cc2cc(N)ccc2s1. The second kappa shape index (κ2) is 6.72. The van der Waals surface area contributed by atoms with Gasteiger partial charge >= 0.3 is 0 Å². The number of anilines is 1.